The number of halogens is 1. The van der Waals surface area contributed by atoms with Crippen LogP contribution in [-0.2, 0) is 11.2 Å². The van der Waals surface area contributed by atoms with Crippen molar-refractivity contribution in [2.45, 2.75) is 51.5 Å². The average molecular weight is 479 g/mol. The van der Waals surface area contributed by atoms with Gasteiger partial charge in [0.15, 0.2) is 0 Å². The molecular formula is C26H27ClN4O3. The van der Waals surface area contributed by atoms with Crippen molar-refractivity contribution in [3.63, 3.8) is 0 Å². The first-order chi connectivity index (χ1) is 16.5. The number of aryl methyl sites for hydroxylation is 2. The molecule has 0 saturated heterocycles. The molecule has 0 aliphatic heterocycles. The van der Waals surface area contributed by atoms with Gasteiger partial charge in [-0.1, -0.05) is 35.3 Å². The first-order valence-electron chi connectivity index (χ1n) is 11.8. The van der Waals surface area contributed by atoms with E-state index in [4.69, 9.17) is 16.1 Å². The number of amides is 1. The van der Waals surface area contributed by atoms with Crippen molar-refractivity contribution >= 4 is 39.3 Å². The van der Waals surface area contributed by atoms with Crippen molar-refractivity contribution < 1.29 is 9.32 Å². The summed E-state index contributed by atoms with van der Waals surface area (Å²) in [6.45, 7) is 2.37. The van der Waals surface area contributed by atoms with E-state index in [1.165, 1.54) is 0 Å². The van der Waals surface area contributed by atoms with Crippen LogP contribution < -0.4 is 10.9 Å². The van der Waals surface area contributed by atoms with Crippen molar-refractivity contribution in [3.8, 4) is 0 Å². The Balaban J connectivity index is 1.34. The molecule has 176 valence electrons. The highest BCUT2D eigenvalue weighted by Gasteiger charge is 2.28. The van der Waals surface area contributed by atoms with E-state index in [2.05, 4.69) is 15.5 Å². The Morgan fingerprint density at radius 1 is 1.24 bits per heavy atom. The number of fused-ring (bicyclic) bond motifs is 3. The molecule has 3 heterocycles. The van der Waals surface area contributed by atoms with Crippen molar-refractivity contribution in [2.24, 2.45) is 5.92 Å². The molecule has 1 fully saturated rings. The summed E-state index contributed by atoms with van der Waals surface area (Å²) in [5.41, 5.74) is 2.27. The molecule has 1 amide bonds. The maximum Gasteiger partial charge on any atom is 0.264 e. The average Bonchev–Trinajstić information content (AvgIpc) is 3.24. The van der Waals surface area contributed by atoms with Gasteiger partial charge >= 0.3 is 0 Å². The maximum atomic E-state index is 13.6. The second kappa shape index (κ2) is 9.58. The molecule has 1 aliphatic rings. The van der Waals surface area contributed by atoms with E-state index in [1.807, 2.05) is 34.9 Å². The van der Waals surface area contributed by atoms with Crippen LogP contribution in [0.2, 0.25) is 5.02 Å². The number of hydrogen-bond acceptors (Lipinski definition) is 5. The highest BCUT2D eigenvalue weighted by atomic mass is 35.5. The fourth-order valence-corrected chi connectivity index (χ4v) is 5.43. The van der Waals surface area contributed by atoms with E-state index in [0.717, 1.165) is 42.1 Å². The Morgan fingerprint density at radius 2 is 2.12 bits per heavy atom. The second-order valence-corrected chi connectivity index (χ2v) is 9.53. The lowest BCUT2D eigenvalue weighted by Crippen LogP contribution is -2.34. The summed E-state index contributed by atoms with van der Waals surface area (Å²) in [5, 5.41) is 9.03. The molecule has 0 spiro atoms. The highest BCUT2D eigenvalue weighted by Crippen LogP contribution is 2.36. The molecule has 0 bridgehead atoms. The molecule has 8 heteroatoms. The van der Waals surface area contributed by atoms with Crippen LogP contribution in [0, 0.1) is 12.8 Å². The van der Waals surface area contributed by atoms with Gasteiger partial charge in [-0.15, -0.1) is 0 Å². The third-order valence-corrected chi connectivity index (χ3v) is 7.17. The van der Waals surface area contributed by atoms with Crippen LogP contribution >= 0.6 is 11.6 Å². The lowest BCUT2D eigenvalue weighted by Gasteiger charge is -2.31. The zero-order chi connectivity index (χ0) is 23.7. The van der Waals surface area contributed by atoms with Crippen molar-refractivity contribution in [2.75, 3.05) is 6.54 Å². The SMILES string of the molecule is Cc1onc2c1c(=O)n(C1CCCC(CNC(=O)CCc3cccnc3)C1)c1cccc(Cl)c21. The number of carbonyl (C=O) groups excluding carboxylic acids is 1. The van der Waals surface area contributed by atoms with Crippen LogP contribution in [0.5, 0.6) is 0 Å². The number of nitrogens with one attached hydrogen (secondary N) is 1. The fourth-order valence-electron chi connectivity index (χ4n) is 5.17. The minimum absolute atomic E-state index is 0.0261. The summed E-state index contributed by atoms with van der Waals surface area (Å²) in [7, 11) is 0. The number of rotatable bonds is 6. The maximum absolute atomic E-state index is 13.6. The van der Waals surface area contributed by atoms with Gasteiger partial charge in [0.25, 0.3) is 5.56 Å². The van der Waals surface area contributed by atoms with Crippen molar-refractivity contribution in [1.82, 2.24) is 20.0 Å². The standard InChI is InChI=1S/C26H27ClN4O3/c1-16-23-25(30-34-16)24-20(27)8-3-9-21(24)31(26(23)33)19-7-2-5-18(13-19)15-29-22(32)11-10-17-6-4-12-28-14-17/h3-4,6,8-9,12,14,18-19H,2,5,7,10-11,13,15H2,1H3,(H,29,32). The van der Waals surface area contributed by atoms with E-state index < -0.39 is 0 Å². The molecule has 4 aromatic rings. The largest absolute Gasteiger partial charge is 0.360 e. The number of carbonyl (C=O) groups is 1. The van der Waals surface area contributed by atoms with Gasteiger partial charge in [-0.05, 0) is 62.3 Å². The molecule has 2 unspecified atom stereocenters. The van der Waals surface area contributed by atoms with E-state index in [-0.39, 0.29) is 17.5 Å². The Morgan fingerprint density at radius 3 is 2.94 bits per heavy atom. The van der Waals surface area contributed by atoms with Gasteiger partial charge in [0.2, 0.25) is 5.91 Å². The molecule has 3 aromatic heterocycles. The third-order valence-electron chi connectivity index (χ3n) is 6.86. The number of aromatic nitrogens is 3. The normalized spacial score (nSPS) is 18.4. The number of nitrogens with zero attached hydrogens (tertiary/aromatic N) is 3. The lowest BCUT2D eigenvalue weighted by atomic mass is 9.85. The lowest BCUT2D eigenvalue weighted by molar-refractivity contribution is -0.121. The van der Waals surface area contributed by atoms with Crippen molar-refractivity contribution in [1.29, 1.82) is 0 Å². The molecule has 1 N–H and O–H groups in total. The van der Waals surface area contributed by atoms with Crippen LogP contribution in [0.25, 0.3) is 21.8 Å². The number of benzene rings is 1. The highest BCUT2D eigenvalue weighted by molar-refractivity contribution is 6.37. The zero-order valence-corrected chi connectivity index (χ0v) is 19.8. The topological polar surface area (TPSA) is 90.0 Å². The zero-order valence-electron chi connectivity index (χ0n) is 19.1. The molecule has 34 heavy (non-hydrogen) atoms. The van der Waals surface area contributed by atoms with E-state index in [0.29, 0.717) is 47.0 Å². The predicted molar refractivity (Wildman–Crippen MR) is 132 cm³/mol. The minimum atomic E-state index is -0.0883. The molecule has 5 rings (SSSR count). The van der Waals surface area contributed by atoms with Crippen LogP contribution in [0.15, 0.2) is 52.0 Å². The van der Waals surface area contributed by atoms with Gasteiger partial charge in [0.1, 0.15) is 16.7 Å². The quantitative estimate of drug-likeness (QED) is 0.422. The van der Waals surface area contributed by atoms with Gasteiger partial charge in [-0.25, -0.2) is 0 Å². The van der Waals surface area contributed by atoms with Crippen LogP contribution in [0.1, 0.15) is 49.5 Å². The molecule has 1 saturated carbocycles. The Hall–Kier alpha value is -3.19. The Kier molecular flexibility index (Phi) is 6.37. The van der Waals surface area contributed by atoms with Crippen LogP contribution in [0.3, 0.4) is 0 Å². The molecule has 1 aromatic carbocycles. The molecule has 0 radical (unpaired) electrons. The Labute approximate surface area is 202 Å². The number of pyridine rings is 2. The molecule has 1 aliphatic carbocycles. The second-order valence-electron chi connectivity index (χ2n) is 9.12. The summed E-state index contributed by atoms with van der Waals surface area (Å²) in [6, 6.07) is 9.49. The molecule has 7 nitrogen and oxygen atoms in total. The first kappa shape index (κ1) is 22.6. The van der Waals surface area contributed by atoms with E-state index >= 15 is 0 Å². The molecular weight excluding hydrogens is 452 g/mol. The Bertz CT molecular complexity index is 1400. The summed E-state index contributed by atoms with van der Waals surface area (Å²) in [4.78, 5) is 30.1. The smallest absolute Gasteiger partial charge is 0.264 e. The van der Waals surface area contributed by atoms with Crippen LogP contribution in [-0.4, -0.2) is 27.2 Å². The first-order valence-corrected chi connectivity index (χ1v) is 12.1. The monoisotopic (exact) mass is 478 g/mol. The summed E-state index contributed by atoms with van der Waals surface area (Å²) >= 11 is 6.55. The fraction of sp³-hybridized carbons (Fsp3) is 0.385. The predicted octanol–water partition coefficient (Wildman–Crippen LogP) is 4.98. The van der Waals surface area contributed by atoms with Crippen LogP contribution in [0.4, 0.5) is 0 Å². The van der Waals surface area contributed by atoms with Gasteiger partial charge in [-0.2, -0.15) is 0 Å². The van der Waals surface area contributed by atoms with Gasteiger partial charge in [0, 0.05) is 36.8 Å². The summed E-state index contributed by atoms with van der Waals surface area (Å²) < 4.78 is 7.25. The van der Waals surface area contributed by atoms with Gasteiger partial charge < -0.3 is 14.4 Å². The third kappa shape index (κ3) is 4.32. The van der Waals surface area contributed by atoms with Crippen molar-refractivity contribution in [3.05, 3.63) is 69.4 Å². The molecule has 2 atom stereocenters. The van der Waals surface area contributed by atoms with E-state index in [9.17, 15) is 9.59 Å². The van der Waals surface area contributed by atoms with E-state index in [1.54, 1.807) is 19.3 Å². The van der Waals surface area contributed by atoms with Gasteiger partial charge in [-0.3, -0.25) is 14.6 Å². The minimum Gasteiger partial charge on any atom is -0.360 e. The number of hydrogen-bond donors (Lipinski definition) is 1. The van der Waals surface area contributed by atoms with Gasteiger partial charge in [0.05, 0.1) is 10.5 Å². The summed E-state index contributed by atoms with van der Waals surface area (Å²) in [6.07, 6.45) is 8.39. The summed E-state index contributed by atoms with van der Waals surface area (Å²) in [5.74, 6) is 0.854.